The molecule has 0 aliphatic carbocycles. The van der Waals surface area contributed by atoms with Crippen LogP contribution in [0.15, 0.2) is 24.3 Å². The van der Waals surface area contributed by atoms with Crippen molar-refractivity contribution < 1.29 is 9.59 Å². The van der Waals surface area contributed by atoms with Crippen molar-refractivity contribution in [2.24, 2.45) is 5.73 Å². The quantitative estimate of drug-likeness (QED) is 0.781. The van der Waals surface area contributed by atoms with Crippen LogP contribution in [0.3, 0.4) is 0 Å². The van der Waals surface area contributed by atoms with Gasteiger partial charge in [0.25, 0.3) is 0 Å². The Hall–Kier alpha value is -2.32. The van der Waals surface area contributed by atoms with E-state index in [0.29, 0.717) is 25.9 Å². The van der Waals surface area contributed by atoms with Gasteiger partial charge in [-0.3, -0.25) is 9.59 Å². The van der Waals surface area contributed by atoms with Gasteiger partial charge >= 0.3 is 0 Å². The lowest BCUT2D eigenvalue weighted by Crippen LogP contribution is -2.42. The Balaban J connectivity index is 1.94. The van der Waals surface area contributed by atoms with Crippen LogP contribution >= 0.6 is 0 Å². The third-order valence-corrected chi connectivity index (χ3v) is 3.38. The normalized spacial score (nSPS) is 16.9. The molecule has 1 aromatic rings. The third-order valence-electron chi connectivity index (χ3n) is 3.38. The SMILES string of the molecule is CN(Cc1ccc(C#CCN)cc1)C(=O)C1CCC(=O)N1. The lowest BCUT2D eigenvalue weighted by atomic mass is 10.1. The highest BCUT2D eigenvalue weighted by molar-refractivity contribution is 5.90. The van der Waals surface area contributed by atoms with Crippen LogP contribution in [-0.4, -0.2) is 36.3 Å². The van der Waals surface area contributed by atoms with Crippen molar-refractivity contribution in [3.05, 3.63) is 35.4 Å². The van der Waals surface area contributed by atoms with Crippen molar-refractivity contribution in [3.63, 3.8) is 0 Å². The minimum atomic E-state index is -0.378. The molecule has 1 aliphatic heterocycles. The van der Waals surface area contributed by atoms with Gasteiger partial charge in [0.15, 0.2) is 0 Å². The molecule has 0 radical (unpaired) electrons. The number of carbonyl (C=O) groups is 2. The Morgan fingerprint density at radius 1 is 1.43 bits per heavy atom. The number of rotatable bonds is 3. The summed E-state index contributed by atoms with van der Waals surface area (Å²) < 4.78 is 0. The van der Waals surface area contributed by atoms with Crippen molar-refractivity contribution in [1.82, 2.24) is 10.2 Å². The lowest BCUT2D eigenvalue weighted by molar-refractivity contribution is -0.133. The molecule has 5 nitrogen and oxygen atoms in total. The largest absolute Gasteiger partial charge is 0.344 e. The summed E-state index contributed by atoms with van der Waals surface area (Å²) in [5.41, 5.74) is 7.25. The van der Waals surface area contributed by atoms with Gasteiger partial charge in [-0.05, 0) is 24.1 Å². The second-order valence-electron chi connectivity index (χ2n) is 5.06. The van der Waals surface area contributed by atoms with Gasteiger partial charge in [0.1, 0.15) is 6.04 Å². The maximum Gasteiger partial charge on any atom is 0.245 e. The molecule has 2 rings (SSSR count). The summed E-state index contributed by atoms with van der Waals surface area (Å²) in [5.74, 6) is 5.65. The molecule has 0 saturated carbocycles. The van der Waals surface area contributed by atoms with Crippen LogP contribution in [-0.2, 0) is 16.1 Å². The number of benzene rings is 1. The molecule has 1 aromatic carbocycles. The molecule has 1 saturated heterocycles. The van der Waals surface area contributed by atoms with Crippen LogP contribution in [0.4, 0.5) is 0 Å². The molecule has 0 aromatic heterocycles. The second kappa shape index (κ2) is 6.91. The molecule has 0 spiro atoms. The van der Waals surface area contributed by atoms with Gasteiger partial charge in [0.2, 0.25) is 11.8 Å². The number of hydrogen-bond acceptors (Lipinski definition) is 3. The van der Waals surface area contributed by atoms with Gasteiger partial charge in [0.05, 0.1) is 6.54 Å². The van der Waals surface area contributed by atoms with Crippen LogP contribution in [0.5, 0.6) is 0 Å². The highest BCUT2D eigenvalue weighted by Crippen LogP contribution is 2.12. The van der Waals surface area contributed by atoms with E-state index in [4.69, 9.17) is 5.73 Å². The summed E-state index contributed by atoms with van der Waals surface area (Å²) in [6.45, 7) is 0.849. The molecule has 1 aliphatic rings. The van der Waals surface area contributed by atoms with E-state index in [1.165, 1.54) is 0 Å². The fourth-order valence-electron chi connectivity index (χ4n) is 2.26. The second-order valence-corrected chi connectivity index (χ2v) is 5.06. The summed E-state index contributed by atoms with van der Waals surface area (Å²) in [6.07, 6.45) is 1.01. The molecule has 110 valence electrons. The van der Waals surface area contributed by atoms with Crippen molar-refractivity contribution in [3.8, 4) is 11.8 Å². The number of nitrogens with zero attached hydrogens (tertiary/aromatic N) is 1. The number of likely N-dealkylation sites (N-methyl/N-ethyl adjacent to an activating group) is 1. The molecule has 1 atom stereocenters. The standard InChI is InChI=1S/C16H19N3O2/c1-19(16(21)14-8-9-15(20)18-14)11-13-6-4-12(5-7-13)3-2-10-17/h4-7,14H,8-11,17H2,1H3,(H,18,20). The fraction of sp³-hybridized carbons (Fsp3) is 0.375. The van der Waals surface area contributed by atoms with E-state index in [1.807, 2.05) is 24.3 Å². The summed E-state index contributed by atoms with van der Waals surface area (Å²) in [4.78, 5) is 25.0. The smallest absolute Gasteiger partial charge is 0.245 e. The molecule has 5 heteroatoms. The first-order chi connectivity index (χ1) is 10.1. The van der Waals surface area contributed by atoms with E-state index in [0.717, 1.165) is 11.1 Å². The van der Waals surface area contributed by atoms with Crippen LogP contribution in [0, 0.1) is 11.8 Å². The van der Waals surface area contributed by atoms with E-state index in [2.05, 4.69) is 17.2 Å². The molecule has 1 heterocycles. The van der Waals surface area contributed by atoms with Crippen LogP contribution in [0.2, 0.25) is 0 Å². The molecule has 2 amide bonds. The van der Waals surface area contributed by atoms with Crippen molar-refractivity contribution >= 4 is 11.8 Å². The summed E-state index contributed by atoms with van der Waals surface area (Å²) in [6, 6.07) is 7.33. The number of carbonyl (C=O) groups excluding carboxylic acids is 2. The van der Waals surface area contributed by atoms with Crippen molar-refractivity contribution in [1.29, 1.82) is 0 Å². The molecular weight excluding hydrogens is 266 g/mol. The average molecular weight is 285 g/mol. The summed E-state index contributed by atoms with van der Waals surface area (Å²) in [7, 11) is 1.74. The zero-order valence-electron chi connectivity index (χ0n) is 12.1. The fourth-order valence-corrected chi connectivity index (χ4v) is 2.26. The summed E-state index contributed by atoms with van der Waals surface area (Å²) >= 11 is 0. The number of hydrogen-bond donors (Lipinski definition) is 2. The van der Waals surface area contributed by atoms with Crippen molar-refractivity contribution in [2.45, 2.75) is 25.4 Å². The van der Waals surface area contributed by atoms with Crippen LogP contribution in [0.25, 0.3) is 0 Å². The Labute approximate surface area is 124 Å². The Morgan fingerprint density at radius 3 is 2.71 bits per heavy atom. The summed E-state index contributed by atoms with van der Waals surface area (Å²) in [5, 5.41) is 2.69. The molecule has 21 heavy (non-hydrogen) atoms. The number of amides is 2. The average Bonchev–Trinajstić information content (AvgIpc) is 2.92. The van der Waals surface area contributed by atoms with E-state index in [1.54, 1.807) is 11.9 Å². The predicted molar refractivity (Wildman–Crippen MR) is 80.0 cm³/mol. The maximum atomic E-state index is 12.2. The predicted octanol–water partition coefficient (Wildman–Crippen LogP) is 0.234. The molecule has 3 N–H and O–H groups in total. The lowest BCUT2D eigenvalue weighted by Gasteiger charge is -2.21. The molecule has 1 fully saturated rings. The van der Waals surface area contributed by atoms with E-state index < -0.39 is 0 Å². The van der Waals surface area contributed by atoms with Crippen LogP contribution < -0.4 is 11.1 Å². The van der Waals surface area contributed by atoms with Gasteiger partial charge < -0.3 is 16.0 Å². The Kier molecular flexibility index (Phi) is 4.96. The highest BCUT2D eigenvalue weighted by Gasteiger charge is 2.29. The zero-order valence-corrected chi connectivity index (χ0v) is 12.1. The van der Waals surface area contributed by atoms with Gasteiger partial charge in [-0.25, -0.2) is 0 Å². The van der Waals surface area contributed by atoms with Gasteiger partial charge in [-0.15, -0.1) is 0 Å². The zero-order chi connectivity index (χ0) is 15.2. The first kappa shape index (κ1) is 15.1. The molecule has 0 bridgehead atoms. The Morgan fingerprint density at radius 2 is 2.14 bits per heavy atom. The van der Waals surface area contributed by atoms with Gasteiger partial charge in [0, 0.05) is 25.6 Å². The molecule has 1 unspecified atom stereocenters. The first-order valence-electron chi connectivity index (χ1n) is 6.92. The maximum absolute atomic E-state index is 12.2. The van der Waals surface area contributed by atoms with Crippen LogP contribution in [0.1, 0.15) is 24.0 Å². The minimum Gasteiger partial charge on any atom is -0.344 e. The van der Waals surface area contributed by atoms with Gasteiger partial charge in [-0.2, -0.15) is 0 Å². The topological polar surface area (TPSA) is 75.4 Å². The van der Waals surface area contributed by atoms with E-state index in [-0.39, 0.29) is 17.9 Å². The first-order valence-corrected chi connectivity index (χ1v) is 6.92. The monoisotopic (exact) mass is 285 g/mol. The van der Waals surface area contributed by atoms with E-state index in [9.17, 15) is 9.59 Å². The third kappa shape index (κ3) is 4.07. The van der Waals surface area contributed by atoms with Crippen molar-refractivity contribution in [2.75, 3.05) is 13.6 Å². The minimum absolute atomic E-state index is 0.0483. The highest BCUT2D eigenvalue weighted by atomic mass is 16.2. The number of nitrogens with one attached hydrogen (secondary N) is 1. The van der Waals surface area contributed by atoms with E-state index >= 15 is 0 Å². The van der Waals surface area contributed by atoms with Gasteiger partial charge in [-0.1, -0.05) is 24.0 Å². The Bertz CT molecular complexity index is 584. The number of nitrogens with two attached hydrogens (primary N) is 1. The molecular formula is C16H19N3O2.